The largest absolute Gasteiger partial charge is 0.492 e. The second kappa shape index (κ2) is 16.6. The lowest BCUT2D eigenvalue weighted by Crippen LogP contribution is -2.45. The molecule has 1 unspecified atom stereocenters. The van der Waals surface area contributed by atoms with E-state index in [2.05, 4.69) is 30.6 Å². The first-order chi connectivity index (χ1) is 24.3. The Bertz CT molecular complexity index is 1800. The first-order valence-electron chi connectivity index (χ1n) is 18.4. The van der Waals surface area contributed by atoms with Crippen molar-refractivity contribution in [1.29, 1.82) is 0 Å². The van der Waals surface area contributed by atoms with E-state index in [1.807, 2.05) is 52.0 Å². The maximum absolute atomic E-state index is 13.8. The summed E-state index contributed by atoms with van der Waals surface area (Å²) in [4.78, 5) is 28.3. The van der Waals surface area contributed by atoms with Gasteiger partial charge in [-0.05, 0) is 109 Å². The Morgan fingerprint density at radius 1 is 0.981 bits per heavy atom. The highest BCUT2D eigenvalue weighted by molar-refractivity contribution is 7.93. The zero-order valence-electron chi connectivity index (χ0n) is 32.6. The molecule has 0 bridgehead atoms. The minimum atomic E-state index is -3.51. The van der Waals surface area contributed by atoms with E-state index in [-0.39, 0.29) is 24.9 Å². The van der Waals surface area contributed by atoms with Crippen LogP contribution in [0.4, 0.5) is 15.3 Å². The van der Waals surface area contributed by atoms with Crippen LogP contribution in [0.25, 0.3) is 10.9 Å². The summed E-state index contributed by atoms with van der Waals surface area (Å²) >= 11 is 0. The summed E-state index contributed by atoms with van der Waals surface area (Å²) in [5, 5.41) is 4.81. The third kappa shape index (κ3) is 10.7. The predicted molar refractivity (Wildman–Crippen MR) is 207 cm³/mol. The molecule has 288 valence electrons. The molecule has 14 heteroatoms. The molecule has 1 saturated carbocycles. The van der Waals surface area contributed by atoms with E-state index in [0.717, 1.165) is 35.5 Å². The van der Waals surface area contributed by atoms with Gasteiger partial charge >= 0.3 is 12.2 Å². The van der Waals surface area contributed by atoms with Gasteiger partial charge in [-0.1, -0.05) is 39.3 Å². The summed E-state index contributed by atoms with van der Waals surface area (Å²) in [6.45, 7) is 19.6. The molecule has 0 radical (unpaired) electrons. The molecule has 1 aliphatic rings. The topological polar surface area (TPSA) is 138 Å². The molecule has 2 aromatic carbocycles. The van der Waals surface area contributed by atoms with Crippen molar-refractivity contribution in [2.24, 2.45) is 0 Å². The highest BCUT2D eigenvalue weighted by atomic mass is 32.2. The number of rotatable bonds is 15. The van der Waals surface area contributed by atoms with E-state index < -0.39 is 47.8 Å². The molecule has 1 N–H and O–H groups in total. The van der Waals surface area contributed by atoms with Crippen molar-refractivity contribution < 1.29 is 36.6 Å². The molecule has 1 atom stereocenters. The molecule has 0 aliphatic heterocycles. The molecule has 0 saturated heterocycles. The van der Waals surface area contributed by atoms with Crippen LogP contribution >= 0.6 is 0 Å². The molecule has 0 spiro atoms. The second-order valence-corrected chi connectivity index (χ2v) is 22.3. The summed E-state index contributed by atoms with van der Waals surface area (Å²) in [6, 6.07) is 15.4. The number of nitrogens with one attached hydrogen (secondary N) is 1. The van der Waals surface area contributed by atoms with Gasteiger partial charge in [0.25, 0.3) is 0 Å². The number of hydrogen-bond acceptors (Lipinski definition) is 9. The minimum absolute atomic E-state index is 0.121. The van der Waals surface area contributed by atoms with E-state index in [1.54, 1.807) is 43.9 Å². The van der Waals surface area contributed by atoms with Gasteiger partial charge in [-0.25, -0.2) is 18.0 Å². The predicted octanol–water partition coefficient (Wildman–Crippen LogP) is 8.80. The van der Waals surface area contributed by atoms with Gasteiger partial charge in [0, 0.05) is 17.1 Å². The van der Waals surface area contributed by atoms with Crippen molar-refractivity contribution in [3.05, 3.63) is 53.7 Å². The van der Waals surface area contributed by atoms with Crippen LogP contribution in [-0.2, 0) is 23.9 Å². The molecule has 1 heterocycles. The Balaban J connectivity index is 1.62. The first kappa shape index (κ1) is 41.1. The lowest BCUT2D eigenvalue weighted by molar-refractivity contribution is 0.0131. The third-order valence-corrected chi connectivity index (χ3v) is 15.9. The van der Waals surface area contributed by atoms with E-state index >= 15 is 0 Å². The van der Waals surface area contributed by atoms with Crippen molar-refractivity contribution in [3.8, 4) is 5.75 Å². The molecule has 4 rings (SSSR count). The van der Waals surface area contributed by atoms with E-state index in [1.165, 1.54) is 4.68 Å². The van der Waals surface area contributed by atoms with Gasteiger partial charge in [0.15, 0.2) is 8.32 Å². The standard InChI is InChI=1S/C38H58N4O8SSi/c1-11-52(12-2,13-3)50-34(28-16-14-17-29(24-28)40-51(45,46)31-18-15-19-31)26-41(35(43)48-37(5,6)7)22-23-47-30-20-21-32-27(4)39-42(33(32)25-30)36(44)49-38(8,9)10/h14,16-17,20-21,24-25,31,34,40H,11-13,15,18-19,22-23,26H2,1-10H3. The zero-order chi connectivity index (χ0) is 38.5. The smallest absolute Gasteiger partial charge is 0.435 e. The quantitative estimate of drug-likeness (QED) is 0.151. The van der Waals surface area contributed by atoms with Gasteiger partial charge in [0.2, 0.25) is 10.0 Å². The second-order valence-electron chi connectivity index (χ2n) is 15.6. The fraction of sp³-hybridized carbons (Fsp3) is 0.605. The molecule has 3 aromatic rings. The van der Waals surface area contributed by atoms with Crippen LogP contribution in [0.5, 0.6) is 5.75 Å². The number of benzene rings is 2. The van der Waals surface area contributed by atoms with Crippen molar-refractivity contribution in [2.75, 3.05) is 24.4 Å². The fourth-order valence-electron chi connectivity index (χ4n) is 6.09. The number of aromatic nitrogens is 2. The monoisotopic (exact) mass is 758 g/mol. The molecular weight excluding hydrogens is 701 g/mol. The lowest BCUT2D eigenvalue weighted by Gasteiger charge is -2.36. The number of carbonyl (C=O) groups excluding carboxylic acids is 2. The molecule has 1 fully saturated rings. The maximum Gasteiger partial charge on any atom is 0.435 e. The maximum atomic E-state index is 13.8. The van der Waals surface area contributed by atoms with Crippen molar-refractivity contribution in [2.45, 2.75) is 129 Å². The Morgan fingerprint density at radius 2 is 1.63 bits per heavy atom. The molecule has 1 aromatic heterocycles. The number of amides is 1. The van der Waals surface area contributed by atoms with Crippen LogP contribution in [0.2, 0.25) is 18.1 Å². The van der Waals surface area contributed by atoms with Gasteiger partial charge in [-0.2, -0.15) is 9.78 Å². The number of ether oxygens (including phenoxy) is 3. The van der Waals surface area contributed by atoms with Gasteiger partial charge in [0.1, 0.15) is 23.6 Å². The van der Waals surface area contributed by atoms with Crippen molar-refractivity contribution >= 4 is 47.1 Å². The number of nitrogens with zero attached hydrogens (tertiary/aromatic N) is 3. The average molecular weight is 759 g/mol. The highest BCUT2D eigenvalue weighted by Crippen LogP contribution is 2.33. The van der Waals surface area contributed by atoms with Crippen LogP contribution in [0.3, 0.4) is 0 Å². The molecule has 1 amide bonds. The normalized spacial score (nSPS) is 14.8. The fourth-order valence-corrected chi connectivity index (χ4v) is 10.5. The van der Waals surface area contributed by atoms with Crippen LogP contribution in [0.15, 0.2) is 42.5 Å². The summed E-state index contributed by atoms with van der Waals surface area (Å²) in [6.07, 6.45) is 0.579. The van der Waals surface area contributed by atoms with Crippen molar-refractivity contribution in [1.82, 2.24) is 14.7 Å². The van der Waals surface area contributed by atoms with Crippen LogP contribution < -0.4 is 9.46 Å². The highest BCUT2D eigenvalue weighted by Gasteiger charge is 2.36. The lowest BCUT2D eigenvalue weighted by atomic mass is 10.0. The van der Waals surface area contributed by atoms with Crippen LogP contribution in [-0.4, -0.2) is 79.8 Å². The molecule has 12 nitrogen and oxygen atoms in total. The van der Waals surface area contributed by atoms with Gasteiger partial charge in [-0.3, -0.25) is 4.72 Å². The summed E-state index contributed by atoms with van der Waals surface area (Å²) in [7, 11) is -5.73. The molecule has 52 heavy (non-hydrogen) atoms. The Hall–Kier alpha value is -3.62. The Morgan fingerprint density at radius 3 is 2.21 bits per heavy atom. The average Bonchev–Trinajstić information content (AvgIpc) is 3.35. The SMILES string of the molecule is CC[Si](CC)(CC)OC(CN(CCOc1ccc2c(C)nn(C(=O)OC(C)(C)C)c2c1)C(=O)OC(C)(C)C)c1cccc(NS(=O)(=O)C2CCC2)c1. The number of aryl methyl sites for hydroxylation is 1. The third-order valence-electron chi connectivity index (χ3n) is 9.41. The number of anilines is 1. The molecule has 1 aliphatic carbocycles. The summed E-state index contributed by atoms with van der Waals surface area (Å²) in [5.74, 6) is 0.495. The number of sulfonamides is 1. The summed E-state index contributed by atoms with van der Waals surface area (Å²) in [5.41, 5.74) is 1.03. The number of fused-ring (bicyclic) bond motifs is 1. The zero-order valence-corrected chi connectivity index (χ0v) is 34.4. The van der Waals surface area contributed by atoms with E-state index in [0.29, 0.717) is 35.5 Å². The Labute approximate surface area is 310 Å². The first-order valence-corrected chi connectivity index (χ1v) is 22.5. The van der Waals surface area contributed by atoms with Gasteiger partial charge < -0.3 is 23.5 Å². The molecular formula is C38H58N4O8SSi. The number of hydrogen-bond donors (Lipinski definition) is 1. The summed E-state index contributed by atoms with van der Waals surface area (Å²) < 4.78 is 54.7. The van der Waals surface area contributed by atoms with E-state index in [9.17, 15) is 18.0 Å². The van der Waals surface area contributed by atoms with Crippen LogP contribution in [0, 0.1) is 6.92 Å². The minimum Gasteiger partial charge on any atom is -0.492 e. The van der Waals surface area contributed by atoms with Gasteiger partial charge in [0.05, 0.1) is 35.7 Å². The Kier molecular flexibility index (Phi) is 13.1. The van der Waals surface area contributed by atoms with Crippen molar-refractivity contribution in [3.63, 3.8) is 0 Å². The number of carbonyl (C=O) groups is 2. The van der Waals surface area contributed by atoms with E-state index in [4.69, 9.17) is 18.6 Å². The van der Waals surface area contributed by atoms with Gasteiger partial charge in [-0.15, -0.1) is 0 Å². The van der Waals surface area contributed by atoms with Crippen LogP contribution in [0.1, 0.15) is 98.9 Å².